The lowest BCUT2D eigenvalue weighted by Gasteiger charge is -1.98. The summed E-state index contributed by atoms with van der Waals surface area (Å²) in [4.78, 5) is 18.2. The van der Waals surface area contributed by atoms with Gasteiger partial charge in [-0.05, 0) is 24.6 Å². The smallest absolute Gasteiger partial charge is 0.267 e. The second-order valence-corrected chi connectivity index (χ2v) is 5.70. The van der Waals surface area contributed by atoms with Crippen molar-refractivity contribution in [2.75, 3.05) is 0 Å². The third-order valence-electron chi connectivity index (χ3n) is 3.12. The van der Waals surface area contributed by atoms with Crippen molar-refractivity contribution in [3.05, 3.63) is 63.0 Å². The van der Waals surface area contributed by atoms with Crippen molar-refractivity contribution in [1.82, 2.24) is 9.66 Å². The molecule has 0 spiro atoms. The van der Waals surface area contributed by atoms with Crippen molar-refractivity contribution < 1.29 is 8.78 Å². The number of aromatic nitrogens is 2. The molecule has 2 heterocycles. The summed E-state index contributed by atoms with van der Waals surface area (Å²) >= 11 is 1.46. The summed E-state index contributed by atoms with van der Waals surface area (Å²) < 4.78 is 27.4. The molecule has 0 fully saturated rings. The van der Waals surface area contributed by atoms with Crippen molar-refractivity contribution in [2.24, 2.45) is 5.10 Å². The number of aryl methyl sites for hydroxylation is 1. The van der Waals surface area contributed by atoms with E-state index >= 15 is 0 Å². The van der Waals surface area contributed by atoms with Crippen molar-refractivity contribution in [3.63, 3.8) is 0 Å². The van der Waals surface area contributed by atoms with Crippen LogP contribution in [0.15, 0.2) is 40.5 Å². The van der Waals surface area contributed by atoms with E-state index in [1.165, 1.54) is 23.7 Å². The minimum atomic E-state index is -0.741. The molecule has 4 nitrogen and oxygen atoms in total. The monoisotopic (exact) mass is 319 g/mol. The van der Waals surface area contributed by atoms with Gasteiger partial charge < -0.3 is 0 Å². The van der Waals surface area contributed by atoms with Gasteiger partial charge in [-0.15, -0.1) is 11.3 Å². The van der Waals surface area contributed by atoms with E-state index in [4.69, 9.17) is 0 Å². The first-order chi connectivity index (χ1) is 10.6. The largest absolute Gasteiger partial charge is 0.282 e. The molecule has 7 heteroatoms. The number of rotatable bonds is 3. The molecule has 1 aromatic carbocycles. The van der Waals surface area contributed by atoms with E-state index in [0.29, 0.717) is 10.2 Å². The van der Waals surface area contributed by atoms with Gasteiger partial charge in [0.1, 0.15) is 22.8 Å². The maximum absolute atomic E-state index is 13.5. The molecular weight excluding hydrogens is 308 g/mol. The zero-order valence-electron chi connectivity index (χ0n) is 11.6. The Morgan fingerprint density at radius 3 is 2.91 bits per heavy atom. The highest BCUT2D eigenvalue weighted by Crippen LogP contribution is 2.20. The van der Waals surface area contributed by atoms with Crippen LogP contribution in [0.2, 0.25) is 0 Å². The van der Waals surface area contributed by atoms with Crippen molar-refractivity contribution in [3.8, 4) is 0 Å². The summed E-state index contributed by atoms with van der Waals surface area (Å²) in [5, 5.41) is 4.40. The van der Waals surface area contributed by atoms with Gasteiger partial charge in [0.25, 0.3) is 5.56 Å². The molecule has 3 aromatic rings. The van der Waals surface area contributed by atoms with E-state index in [9.17, 15) is 13.6 Å². The number of thiophene rings is 1. The number of halogens is 2. The van der Waals surface area contributed by atoms with Gasteiger partial charge in [-0.2, -0.15) is 9.78 Å². The van der Waals surface area contributed by atoms with Gasteiger partial charge in [0, 0.05) is 16.5 Å². The van der Waals surface area contributed by atoms with E-state index in [1.54, 1.807) is 6.07 Å². The van der Waals surface area contributed by atoms with E-state index < -0.39 is 11.6 Å². The molecule has 112 valence electrons. The molecular formula is C15H11F2N3OS. The van der Waals surface area contributed by atoms with E-state index in [2.05, 4.69) is 10.1 Å². The van der Waals surface area contributed by atoms with Crippen molar-refractivity contribution in [1.29, 1.82) is 0 Å². The van der Waals surface area contributed by atoms with Crippen LogP contribution in [0.1, 0.15) is 17.4 Å². The number of hydrogen-bond donors (Lipinski definition) is 0. The van der Waals surface area contributed by atoms with Crippen LogP contribution in [-0.2, 0) is 6.42 Å². The lowest BCUT2D eigenvalue weighted by atomic mass is 10.2. The first-order valence-electron chi connectivity index (χ1n) is 6.58. The Labute approximate surface area is 128 Å². The molecule has 22 heavy (non-hydrogen) atoms. The average Bonchev–Trinajstić information content (AvgIpc) is 2.92. The highest BCUT2D eigenvalue weighted by molar-refractivity contribution is 7.18. The Morgan fingerprint density at radius 1 is 1.36 bits per heavy atom. The molecule has 0 saturated carbocycles. The van der Waals surface area contributed by atoms with Gasteiger partial charge in [-0.25, -0.2) is 13.8 Å². The topological polar surface area (TPSA) is 47.2 Å². The number of hydrogen-bond acceptors (Lipinski definition) is 4. The minimum Gasteiger partial charge on any atom is -0.267 e. The van der Waals surface area contributed by atoms with Gasteiger partial charge in [0.15, 0.2) is 0 Å². The Hall–Kier alpha value is -2.41. The van der Waals surface area contributed by atoms with Gasteiger partial charge in [0.05, 0.1) is 11.6 Å². The van der Waals surface area contributed by atoms with Crippen LogP contribution in [0.4, 0.5) is 8.78 Å². The zero-order chi connectivity index (χ0) is 15.7. The summed E-state index contributed by atoms with van der Waals surface area (Å²) in [6.07, 6.45) is 3.28. The quantitative estimate of drug-likeness (QED) is 0.696. The van der Waals surface area contributed by atoms with Crippen LogP contribution in [-0.4, -0.2) is 15.9 Å². The molecule has 0 aliphatic rings. The van der Waals surface area contributed by atoms with Crippen LogP contribution >= 0.6 is 11.3 Å². The fourth-order valence-electron chi connectivity index (χ4n) is 1.95. The minimum absolute atomic E-state index is 0.0907. The molecule has 0 N–H and O–H groups in total. The number of benzene rings is 1. The summed E-state index contributed by atoms with van der Waals surface area (Å²) in [6.45, 7) is 2.00. The fraction of sp³-hybridized carbons (Fsp3) is 0.133. The molecule has 0 atom stereocenters. The van der Waals surface area contributed by atoms with Gasteiger partial charge in [-0.1, -0.05) is 6.92 Å². The maximum Gasteiger partial charge on any atom is 0.282 e. The molecule has 0 radical (unpaired) electrons. The van der Waals surface area contributed by atoms with Crippen LogP contribution in [0.3, 0.4) is 0 Å². The second kappa shape index (κ2) is 5.76. The third-order valence-corrected chi connectivity index (χ3v) is 4.31. The van der Waals surface area contributed by atoms with E-state index in [0.717, 1.165) is 34.3 Å². The molecule has 0 amide bonds. The first kappa shape index (κ1) is 14.5. The SMILES string of the molecule is CCc1cc2c(=O)n(/N=C\c3ccc(F)cc3F)cnc2s1. The van der Waals surface area contributed by atoms with E-state index in [1.807, 2.05) is 6.92 Å². The Morgan fingerprint density at radius 2 is 2.18 bits per heavy atom. The molecule has 0 unspecified atom stereocenters. The zero-order valence-corrected chi connectivity index (χ0v) is 12.4. The Kier molecular flexibility index (Phi) is 3.81. The molecule has 3 rings (SSSR count). The van der Waals surface area contributed by atoms with Crippen LogP contribution in [0.5, 0.6) is 0 Å². The predicted octanol–water partition coefficient (Wildman–Crippen LogP) is 3.18. The molecule has 0 aliphatic carbocycles. The first-order valence-corrected chi connectivity index (χ1v) is 7.39. The number of fused-ring (bicyclic) bond motifs is 1. The van der Waals surface area contributed by atoms with Gasteiger partial charge in [-0.3, -0.25) is 4.79 Å². The fourth-order valence-corrected chi connectivity index (χ4v) is 2.88. The standard InChI is InChI=1S/C15H11F2N3OS/c1-2-11-6-12-14(22-11)18-8-20(15(12)21)19-7-9-3-4-10(16)5-13(9)17/h3-8H,2H2,1H3/b19-7-. The molecule has 0 bridgehead atoms. The van der Waals surface area contributed by atoms with Crippen LogP contribution in [0, 0.1) is 11.6 Å². The Balaban J connectivity index is 2.01. The predicted molar refractivity (Wildman–Crippen MR) is 82.6 cm³/mol. The van der Waals surface area contributed by atoms with Crippen LogP contribution < -0.4 is 5.56 Å². The highest BCUT2D eigenvalue weighted by Gasteiger charge is 2.08. The van der Waals surface area contributed by atoms with Crippen molar-refractivity contribution >= 4 is 27.8 Å². The van der Waals surface area contributed by atoms with Crippen LogP contribution in [0.25, 0.3) is 10.2 Å². The highest BCUT2D eigenvalue weighted by atomic mass is 32.1. The van der Waals surface area contributed by atoms with Gasteiger partial charge >= 0.3 is 0 Å². The summed E-state index contributed by atoms with van der Waals surface area (Å²) in [7, 11) is 0. The average molecular weight is 319 g/mol. The third kappa shape index (κ3) is 2.67. The second-order valence-electron chi connectivity index (χ2n) is 4.59. The maximum atomic E-state index is 13.5. The summed E-state index contributed by atoms with van der Waals surface area (Å²) in [5.41, 5.74) is -0.229. The molecule has 0 saturated heterocycles. The number of nitrogens with zero attached hydrogens (tertiary/aromatic N) is 3. The summed E-state index contributed by atoms with van der Waals surface area (Å²) in [5.74, 6) is -1.41. The lowest BCUT2D eigenvalue weighted by Crippen LogP contribution is -2.16. The molecule has 0 aliphatic heterocycles. The van der Waals surface area contributed by atoms with E-state index in [-0.39, 0.29) is 11.1 Å². The van der Waals surface area contributed by atoms with Crippen molar-refractivity contribution in [2.45, 2.75) is 13.3 Å². The summed E-state index contributed by atoms with van der Waals surface area (Å²) in [6, 6.07) is 4.93. The van der Waals surface area contributed by atoms with Gasteiger partial charge in [0.2, 0.25) is 0 Å². The molecule has 2 aromatic heterocycles. The lowest BCUT2D eigenvalue weighted by molar-refractivity contribution is 0.582. The Bertz CT molecular complexity index is 930. The normalized spacial score (nSPS) is 11.6.